The van der Waals surface area contributed by atoms with Crippen molar-refractivity contribution in [3.63, 3.8) is 0 Å². The summed E-state index contributed by atoms with van der Waals surface area (Å²) in [5.74, 6) is 0.645. The Morgan fingerprint density at radius 1 is 1.40 bits per heavy atom. The normalized spacial score (nSPS) is 25.8. The summed E-state index contributed by atoms with van der Waals surface area (Å²) in [6, 6.07) is 7.55. The average Bonchev–Trinajstić information content (AvgIpc) is 3.24. The van der Waals surface area contributed by atoms with Crippen LogP contribution in [0.25, 0.3) is 0 Å². The second-order valence-corrected chi connectivity index (χ2v) is 6.56. The quantitative estimate of drug-likeness (QED) is 0.854. The number of carbonyl (C=O) groups excluding carboxylic acids is 1. The SMILES string of the molecule is Cc1occc1C(=O)N1C[C@H](OCc2ccccn2)[C@H]2OCCC[C@H]21. The summed E-state index contributed by atoms with van der Waals surface area (Å²) < 4.78 is 17.3. The molecule has 25 heavy (non-hydrogen) atoms. The van der Waals surface area contributed by atoms with E-state index in [4.69, 9.17) is 13.9 Å². The first kappa shape index (κ1) is 16.3. The first-order valence-electron chi connectivity index (χ1n) is 8.72. The standard InChI is InChI=1S/C19H22N2O4/c1-13-15(7-10-23-13)19(22)21-11-17(18-16(21)6-4-9-24-18)25-12-14-5-2-3-8-20-14/h2-3,5,7-8,10,16-18H,4,6,9,11-12H2,1H3/t16-,17+,18+/m1/s1. The van der Waals surface area contributed by atoms with Gasteiger partial charge in [-0.2, -0.15) is 0 Å². The van der Waals surface area contributed by atoms with Crippen LogP contribution in [0.3, 0.4) is 0 Å². The predicted molar refractivity (Wildman–Crippen MR) is 90.1 cm³/mol. The summed E-state index contributed by atoms with van der Waals surface area (Å²) >= 11 is 0. The van der Waals surface area contributed by atoms with E-state index in [1.54, 1.807) is 18.5 Å². The lowest BCUT2D eigenvalue weighted by atomic mass is 10.0. The van der Waals surface area contributed by atoms with E-state index >= 15 is 0 Å². The van der Waals surface area contributed by atoms with Crippen LogP contribution in [0.15, 0.2) is 41.1 Å². The van der Waals surface area contributed by atoms with Gasteiger partial charge in [0.25, 0.3) is 5.91 Å². The van der Waals surface area contributed by atoms with Crippen molar-refractivity contribution in [1.82, 2.24) is 9.88 Å². The molecule has 2 aliphatic heterocycles. The molecule has 4 rings (SSSR count). The van der Waals surface area contributed by atoms with Gasteiger partial charge in [0.05, 0.1) is 36.7 Å². The molecule has 3 atom stereocenters. The zero-order valence-corrected chi connectivity index (χ0v) is 14.3. The minimum atomic E-state index is -0.136. The number of likely N-dealkylation sites (tertiary alicyclic amines) is 1. The number of pyridine rings is 1. The van der Waals surface area contributed by atoms with Crippen molar-refractivity contribution in [3.05, 3.63) is 53.7 Å². The van der Waals surface area contributed by atoms with E-state index in [1.807, 2.05) is 30.0 Å². The van der Waals surface area contributed by atoms with Crippen LogP contribution < -0.4 is 0 Å². The van der Waals surface area contributed by atoms with Crippen LogP contribution in [0, 0.1) is 6.92 Å². The lowest BCUT2D eigenvalue weighted by Gasteiger charge is -2.32. The molecule has 0 N–H and O–H groups in total. The Bertz CT molecular complexity index is 730. The monoisotopic (exact) mass is 342 g/mol. The third-order valence-electron chi connectivity index (χ3n) is 5.00. The van der Waals surface area contributed by atoms with E-state index in [0.29, 0.717) is 24.5 Å². The lowest BCUT2D eigenvalue weighted by molar-refractivity contribution is -0.0814. The van der Waals surface area contributed by atoms with Gasteiger partial charge in [-0.1, -0.05) is 6.07 Å². The van der Waals surface area contributed by atoms with Gasteiger partial charge in [0.15, 0.2) is 0 Å². The van der Waals surface area contributed by atoms with Crippen molar-refractivity contribution in [3.8, 4) is 0 Å². The van der Waals surface area contributed by atoms with Crippen LogP contribution in [-0.4, -0.2) is 47.2 Å². The number of carbonyl (C=O) groups is 1. The first-order valence-corrected chi connectivity index (χ1v) is 8.72. The number of ether oxygens (including phenoxy) is 2. The van der Waals surface area contributed by atoms with Gasteiger partial charge >= 0.3 is 0 Å². The van der Waals surface area contributed by atoms with Crippen molar-refractivity contribution >= 4 is 5.91 Å². The number of hydrogen-bond donors (Lipinski definition) is 0. The third kappa shape index (κ3) is 3.19. The van der Waals surface area contributed by atoms with Gasteiger partial charge in [0, 0.05) is 12.8 Å². The second kappa shape index (κ2) is 6.98. The highest BCUT2D eigenvalue weighted by Gasteiger charge is 2.47. The molecule has 0 aliphatic carbocycles. The summed E-state index contributed by atoms with van der Waals surface area (Å²) in [5, 5.41) is 0. The average molecular weight is 342 g/mol. The van der Waals surface area contributed by atoms with E-state index in [-0.39, 0.29) is 24.2 Å². The van der Waals surface area contributed by atoms with Crippen LogP contribution in [0.2, 0.25) is 0 Å². The van der Waals surface area contributed by atoms with Crippen molar-refractivity contribution < 1.29 is 18.7 Å². The Kier molecular flexibility index (Phi) is 4.55. The van der Waals surface area contributed by atoms with Crippen molar-refractivity contribution in [1.29, 1.82) is 0 Å². The van der Waals surface area contributed by atoms with Gasteiger partial charge in [0.1, 0.15) is 18.0 Å². The highest BCUT2D eigenvalue weighted by Crippen LogP contribution is 2.32. The predicted octanol–water partition coefficient (Wildman–Crippen LogP) is 2.57. The van der Waals surface area contributed by atoms with E-state index in [2.05, 4.69) is 4.98 Å². The summed E-state index contributed by atoms with van der Waals surface area (Å²) in [6.45, 7) is 3.49. The van der Waals surface area contributed by atoms with Crippen molar-refractivity contribution in [2.24, 2.45) is 0 Å². The molecule has 2 aromatic rings. The Labute approximate surface area is 146 Å². The molecule has 132 valence electrons. The molecular weight excluding hydrogens is 320 g/mol. The summed E-state index contributed by atoms with van der Waals surface area (Å²) in [4.78, 5) is 19.1. The molecule has 0 spiro atoms. The van der Waals surface area contributed by atoms with E-state index in [1.165, 1.54) is 0 Å². The number of nitrogens with zero attached hydrogens (tertiary/aromatic N) is 2. The van der Waals surface area contributed by atoms with E-state index < -0.39 is 0 Å². The van der Waals surface area contributed by atoms with Crippen LogP contribution in [-0.2, 0) is 16.1 Å². The number of rotatable bonds is 4. The van der Waals surface area contributed by atoms with Gasteiger partial charge in [-0.15, -0.1) is 0 Å². The highest BCUT2D eigenvalue weighted by molar-refractivity contribution is 5.95. The maximum atomic E-state index is 12.9. The topological polar surface area (TPSA) is 64.8 Å². The molecule has 0 bridgehead atoms. The number of aryl methyl sites for hydroxylation is 1. The zero-order valence-electron chi connectivity index (χ0n) is 14.3. The number of hydrogen-bond acceptors (Lipinski definition) is 5. The maximum Gasteiger partial charge on any atom is 0.257 e. The molecule has 0 unspecified atom stereocenters. The smallest absolute Gasteiger partial charge is 0.257 e. The van der Waals surface area contributed by atoms with Crippen LogP contribution in [0.4, 0.5) is 0 Å². The first-order chi connectivity index (χ1) is 12.2. The largest absolute Gasteiger partial charge is 0.469 e. The second-order valence-electron chi connectivity index (χ2n) is 6.56. The Hall–Kier alpha value is -2.18. The number of aromatic nitrogens is 1. The van der Waals surface area contributed by atoms with Crippen molar-refractivity contribution in [2.45, 2.75) is 44.6 Å². The summed E-state index contributed by atoms with van der Waals surface area (Å²) in [6.07, 6.45) is 5.00. The van der Waals surface area contributed by atoms with Gasteiger partial charge < -0.3 is 18.8 Å². The molecule has 6 nitrogen and oxygen atoms in total. The lowest BCUT2D eigenvalue weighted by Crippen LogP contribution is -2.43. The molecule has 2 aliphatic rings. The molecule has 6 heteroatoms. The molecule has 0 aromatic carbocycles. The number of amides is 1. The molecule has 2 saturated heterocycles. The van der Waals surface area contributed by atoms with Crippen LogP contribution in [0.5, 0.6) is 0 Å². The van der Waals surface area contributed by atoms with Crippen molar-refractivity contribution in [2.75, 3.05) is 13.2 Å². The fourth-order valence-electron chi connectivity index (χ4n) is 3.73. The van der Waals surface area contributed by atoms with Crippen LogP contribution >= 0.6 is 0 Å². The molecular formula is C19H22N2O4. The molecule has 4 heterocycles. The Morgan fingerprint density at radius 2 is 2.32 bits per heavy atom. The van der Waals surface area contributed by atoms with Gasteiger partial charge in [-0.25, -0.2) is 0 Å². The molecule has 2 aromatic heterocycles. The fourth-order valence-corrected chi connectivity index (χ4v) is 3.73. The highest BCUT2D eigenvalue weighted by atomic mass is 16.5. The molecule has 1 amide bonds. The third-order valence-corrected chi connectivity index (χ3v) is 5.00. The zero-order chi connectivity index (χ0) is 17.2. The Balaban J connectivity index is 1.49. The van der Waals surface area contributed by atoms with Gasteiger partial charge in [0.2, 0.25) is 0 Å². The molecule has 2 fully saturated rings. The number of fused-ring (bicyclic) bond motifs is 1. The van der Waals surface area contributed by atoms with E-state index in [0.717, 1.165) is 25.1 Å². The minimum absolute atomic E-state index is 0.00399. The van der Waals surface area contributed by atoms with Gasteiger partial charge in [-0.05, 0) is 38.0 Å². The maximum absolute atomic E-state index is 12.9. The summed E-state index contributed by atoms with van der Waals surface area (Å²) in [5.41, 5.74) is 1.50. The van der Waals surface area contributed by atoms with Gasteiger partial charge in [-0.3, -0.25) is 9.78 Å². The molecule has 0 radical (unpaired) electrons. The summed E-state index contributed by atoms with van der Waals surface area (Å²) in [7, 11) is 0. The Morgan fingerprint density at radius 3 is 3.08 bits per heavy atom. The number of furan rings is 1. The fraction of sp³-hybridized carbons (Fsp3) is 0.474. The van der Waals surface area contributed by atoms with E-state index in [9.17, 15) is 4.79 Å². The van der Waals surface area contributed by atoms with Crippen LogP contribution in [0.1, 0.15) is 34.7 Å². The minimum Gasteiger partial charge on any atom is -0.469 e. The molecule has 0 saturated carbocycles.